The first-order valence-corrected chi connectivity index (χ1v) is 10.5. The van der Waals surface area contributed by atoms with Crippen molar-refractivity contribution in [3.63, 3.8) is 0 Å². The maximum atomic E-state index is 15.0. The molecule has 3 aromatic rings. The molecule has 3 aromatic heterocycles. The SMILES string of the molecule is Nc1nc(Cl)nc2c1ncn2[C@@H]1O[C@H](COC(Cc2ccc(C(F)(F)F)o2)(C(=O)O)C(=O)O)[C@@H](O)[C@@H]1F. The summed E-state index contributed by atoms with van der Waals surface area (Å²) in [6.07, 6.45) is -12.3. The third kappa shape index (κ3) is 4.77. The number of nitrogens with zero attached hydrogens (tertiary/aromatic N) is 4. The lowest BCUT2D eigenvalue weighted by atomic mass is 9.98. The van der Waals surface area contributed by atoms with E-state index in [0.717, 1.165) is 17.0 Å². The first kappa shape index (κ1) is 26.5. The van der Waals surface area contributed by atoms with Crippen LogP contribution in [0.3, 0.4) is 0 Å². The van der Waals surface area contributed by atoms with Gasteiger partial charge in [-0.2, -0.15) is 23.1 Å². The Labute approximate surface area is 207 Å². The largest absolute Gasteiger partial charge is 0.479 e. The van der Waals surface area contributed by atoms with Crippen LogP contribution in [-0.4, -0.2) is 77.4 Å². The number of furan rings is 1. The summed E-state index contributed by atoms with van der Waals surface area (Å²) in [5.74, 6) is -6.45. The fraction of sp³-hybridized carbons (Fsp3) is 0.421. The molecule has 4 atom stereocenters. The number of ether oxygens (including phenoxy) is 2. The van der Waals surface area contributed by atoms with E-state index in [2.05, 4.69) is 19.4 Å². The maximum absolute atomic E-state index is 15.0. The Balaban J connectivity index is 1.56. The lowest BCUT2D eigenvalue weighted by Crippen LogP contribution is -2.52. The molecule has 1 aliphatic heterocycles. The Morgan fingerprint density at radius 1 is 1.22 bits per heavy atom. The summed E-state index contributed by atoms with van der Waals surface area (Å²) < 4.78 is 69.5. The number of hydrogen-bond acceptors (Lipinski definition) is 10. The molecule has 0 unspecified atom stereocenters. The van der Waals surface area contributed by atoms with Crippen molar-refractivity contribution in [1.29, 1.82) is 0 Å². The minimum Gasteiger partial charge on any atom is -0.479 e. The van der Waals surface area contributed by atoms with Gasteiger partial charge in [-0.05, 0) is 23.7 Å². The standard InChI is InChI=1S/C19H16ClF4N5O8/c20-17-27-12(25)10-13(28-17)29(5-26-10)14-9(21)11(30)7(37-14)4-35-18(15(31)32,16(33)34)3-6-1-2-8(36-6)19(22,23)24/h1-2,5,7,9,11,14,30H,3-4H2,(H,31,32)(H,33,34)(H2,25,27,28)/t7-,9+,11-,14-/m1/s1. The number of alkyl halides is 4. The minimum absolute atomic E-state index is 0.0434. The molecular weight excluding hydrogens is 538 g/mol. The molecule has 13 nitrogen and oxygen atoms in total. The number of aliphatic carboxylic acids is 2. The van der Waals surface area contributed by atoms with Crippen molar-refractivity contribution in [2.75, 3.05) is 12.3 Å². The molecule has 0 amide bonds. The molecule has 4 rings (SSSR count). The molecule has 5 N–H and O–H groups in total. The Kier molecular flexibility index (Phi) is 6.74. The van der Waals surface area contributed by atoms with Crippen molar-refractivity contribution in [2.24, 2.45) is 0 Å². The molecule has 200 valence electrons. The van der Waals surface area contributed by atoms with E-state index < -0.39 is 72.9 Å². The van der Waals surface area contributed by atoms with Crippen LogP contribution in [0.4, 0.5) is 23.4 Å². The molecule has 37 heavy (non-hydrogen) atoms. The summed E-state index contributed by atoms with van der Waals surface area (Å²) in [7, 11) is 0. The van der Waals surface area contributed by atoms with Gasteiger partial charge in [-0.15, -0.1) is 0 Å². The summed E-state index contributed by atoms with van der Waals surface area (Å²) in [6.45, 7) is -0.992. The highest BCUT2D eigenvalue weighted by atomic mass is 35.5. The number of nitrogen functional groups attached to an aromatic ring is 1. The molecule has 0 bridgehead atoms. The van der Waals surface area contributed by atoms with Crippen molar-refractivity contribution < 1.29 is 56.4 Å². The second-order valence-corrected chi connectivity index (χ2v) is 8.23. The summed E-state index contributed by atoms with van der Waals surface area (Å²) in [4.78, 5) is 35.3. The zero-order chi connectivity index (χ0) is 27.3. The summed E-state index contributed by atoms with van der Waals surface area (Å²) in [5.41, 5.74) is 2.53. The molecular formula is C19H16ClF4N5O8. The zero-order valence-corrected chi connectivity index (χ0v) is 18.9. The number of aromatic nitrogens is 4. The predicted octanol–water partition coefficient (Wildman–Crippen LogP) is 1.44. The van der Waals surface area contributed by atoms with Crippen LogP contribution in [0.2, 0.25) is 5.28 Å². The number of nitrogens with two attached hydrogens (primary N) is 1. The minimum atomic E-state index is -4.90. The third-order valence-corrected chi connectivity index (χ3v) is 5.71. The lowest BCUT2D eigenvalue weighted by Gasteiger charge is -2.26. The normalized spacial score (nSPS) is 22.5. The number of carbonyl (C=O) groups is 2. The van der Waals surface area contributed by atoms with E-state index in [0.29, 0.717) is 6.07 Å². The highest BCUT2D eigenvalue weighted by Crippen LogP contribution is 2.36. The van der Waals surface area contributed by atoms with Crippen LogP contribution in [0.5, 0.6) is 0 Å². The van der Waals surface area contributed by atoms with Gasteiger partial charge in [0.25, 0.3) is 5.60 Å². The van der Waals surface area contributed by atoms with Crippen LogP contribution >= 0.6 is 11.6 Å². The second-order valence-electron chi connectivity index (χ2n) is 7.89. The summed E-state index contributed by atoms with van der Waals surface area (Å²) in [6, 6.07) is 1.23. The van der Waals surface area contributed by atoms with Crippen LogP contribution in [0.1, 0.15) is 17.7 Å². The number of carboxylic acid groups (broad SMARTS) is 2. The summed E-state index contributed by atoms with van der Waals surface area (Å²) >= 11 is 5.78. The van der Waals surface area contributed by atoms with Gasteiger partial charge in [-0.25, -0.2) is 19.0 Å². The van der Waals surface area contributed by atoms with Gasteiger partial charge in [-0.3, -0.25) is 4.57 Å². The average Bonchev–Trinajstić information content (AvgIpc) is 3.50. The van der Waals surface area contributed by atoms with Gasteiger partial charge >= 0.3 is 18.1 Å². The van der Waals surface area contributed by atoms with Gasteiger partial charge in [0, 0.05) is 0 Å². The number of hydrogen-bond donors (Lipinski definition) is 4. The van der Waals surface area contributed by atoms with Gasteiger partial charge in [0.05, 0.1) is 19.4 Å². The maximum Gasteiger partial charge on any atom is 0.449 e. The van der Waals surface area contributed by atoms with Crippen LogP contribution < -0.4 is 5.73 Å². The first-order chi connectivity index (χ1) is 17.2. The number of imidazole rings is 1. The van der Waals surface area contributed by atoms with Crippen molar-refractivity contribution in [3.8, 4) is 0 Å². The number of fused-ring (bicyclic) bond motifs is 1. The lowest BCUT2D eigenvalue weighted by molar-refractivity contribution is -0.190. The second kappa shape index (κ2) is 9.40. The fourth-order valence-corrected chi connectivity index (χ4v) is 3.85. The average molecular weight is 554 g/mol. The van der Waals surface area contributed by atoms with E-state index in [1.165, 1.54) is 0 Å². The van der Waals surface area contributed by atoms with Crippen LogP contribution in [-0.2, 0) is 31.7 Å². The molecule has 1 aliphatic rings. The van der Waals surface area contributed by atoms with Gasteiger partial charge in [0.2, 0.25) is 11.0 Å². The van der Waals surface area contributed by atoms with Crippen LogP contribution in [0.15, 0.2) is 22.9 Å². The topological polar surface area (TPSA) is 196 Å². The van der Waals surface area contributed by atoms with E-state index >= 15 is 0 Å². The van der Waals surface area contributed by atoms with Crippen molar-refractivity contribution in [2.45, 2.75) is 42.8 Å². The first-order valence-electron chi connectivity index (χ1n) is 10.1. The van der Waals surface area contributed by atoms with Gasteiger partial charge in [0.15, 0.2) is 23.9 Å². The number of halogens is 5. The Hall–Kier alpha value is -3.54. The Bertz CT molecular complexity index is 1330. The van der Waals surface area contributed by atoms with Gasteiger partial charge in [0.1, 0.15) is 23.5 Å². The number of aliphatic hydroxyl groups excluding tert-OH is 1. The fourth-order valence-electron chi connectivity index (χ4n) is 3.67. The van der Waals surface area contributed by atoms with E-state index in [-0.39, 0.29) is 22.3 Å². The van der Waals surface area contributed by atoms with E-state index in [1.807, 2.05) is 0 Å². The molecule has 0 saturated carbocycles. The van der Waals surface area contributed by atoms with E-state index in [4.69, 9.17) is 26.8 Å². The third-order valence-electron chi connectivity index (χ3n) is 5.54. The highest BCUT2D eigenvalue weighted by Gasteiger charge is 2.52. The summed E-state index contributed by atoms with van der Waals surface area (Å²) in [5, 5.41) is 29.2. The number of anilines is 1. The number of aliphatic hydroxyl groups is 1. The van der Waals surface area contributed by atoms with Crippen LogP contribution in [0, 0.1) is 0 Å². The van der Waals surface area contributed by atoms with Gasteiger partial charge < -0.3 is 34.9 Å². The van der Waals surface area contributed by atoms with Crippen molar-refractivity contribution in [1.82, 2.24) is 19.5 Å². The Morgan fingerprint density at radius 3 is 2.49 bits per heavy atom. The number of carboxylic acids is 2. The molecule has 0 spiro atoms. The number of rotatable bonds is 8. The molecule has 1 saturated heterocycles. The molecule has 0 aromatic carbocycles. The van der Waals surface area contributed by atoms with E-state index in [9.17, 15) is 42.5 Å². The smallest absolute Gasteiger partial charge is 0.449 e. The van der Waals surface area contributed by atoms with Gasteiger partial charge in [-0.1, -0.05) is 0 Å². The molecule has 0 aliphatic carbocycles. The monoisotopic (exact) mass is 553 g/mol. The van der Waals surface area contributed by atoms with E-state index in [1.54, 1.807) is 0 Å². The van der Waals surface area contributed by atoms with Crippen molar-refractivity contribution >= 4 is 40.5 Å². The van der Waals surface area contributed by atoms with Crippen LogP contribution in [0.25, 0.3) is 11.2 Å². The van der Waals surface area contributed by atoms with Crippen molar-refractivity contribution in [3.05, 3.63) is 35.3 Å². The highest BCUT2D eigenvalue weighted by molar-refractivity contribution is 6.28. The molecule has 0 radical (unpaired) electrons. The predicted molar refractivity (Wildman–Crippen MR) is 111 cm³/mol. The molecule has 4 heterocycles. The zero-order valence-electron chi connectivity index (χ0n) is 18.1. The Morgan fingerprint density at radius 2 is 1.89 bits per heavy atom. The molecule has 1 fully saturated rings. The quantitative estimate of drug-likeness (QED) is 0.178. The molecule has 18 heteroatoms.